The third-order valence-corrected chi connectivity index (χ3v) is 5.16. The number of sulfone groups is 1. The number of carbonyl (C=O) groups is 1. The molecule has 6 heteroatoms. The smallest absolute Gasteiger partial charge is 0.222 e. The van der Waals surface area contributed by atoms with Gasteiger partial charge in [0.1, 0.15) is 0 Å². The molecule has 0 aromatic carbocycles. The van der Waals surface area contributed by atoms with Gasteiger partial charge in [-0.15, -0.1) is 0 Å². The lowest BCUT2D eigenvalue weighted by Crippen LogP contribution is -2.40. The van der Waals surface area contributed by atoms with Crippen LogP contribution in [0.15, 0.2) is 0 Å². The first-order valence-corrected chi connectivity index (χ1v) is 8.52. The first-order chi connectivity index (χ1) is 8.50. The number of hydrogen-bond acceptors (Lipinski definition) is 4. The van der Waals surface area contributed by atoms with Crippen LogP contribution < -0.4 is 5.73 Å². The molecule has 1 unspecified atom stereocenters. The first-order valence-electron chi connectivity index (χ1n) is 6.70. The van der Waals surface area contributed by atoms with Gasteiger partial charge in [-0.05, 0) is 32.7 Å². The van der Waals surface area contributed by atoms with Gasteiger partial charge in [0, 0.05) is 19.0 Å². The minimum Gasteiger partial charge on any atom is -0.339 e. The van der Waals surface area contributed by atoms with E-state index in [4.69, 9.17) is 5.73 Å². The van der Waals surface area contributed by atoms with Gasteiger partial charge in [0.05, 0.1) is 11.5 Å². The van der Waals surface area contributed by atoms with Gasteiger partial charge < -0.3 is 10.6 Å². The summed E-state index contributed by atoms with van der Waals surface area (Å²) in [5.41, 5.74) is 5.40. The quantitative estimate of drug-likeness (QED) is 0.688. The number of amides is 1. The van der Waals surface area contributed by atoms with E-state index in [0.29, 0.717) is 25.9 Å². The molecule has 1 atom stereocenters. The molecule has 1 fully saturated rings. The molecule has 1 saturated heterocycles. The summed E-state index contributed by atoms with van der Waals surface area (Å²) in [7, 11) is -2.92. The number of hydrogen-bond donors (Lipinski definition) is 1. The predicted octanol–water partition coefficient (Wildman–Crippen LogP) is 0.541. The monoisotopic (exact) mass is 276 g/mol. The SMILES string of the molecule is CCN(C(=O)CCCCCN)C1CCS(=O)(=O)C1. The van der Waals surface area contributed by atoms with E-state index < -0.39 is 9.84 Å². The maximum atomic E-state index is 12.0. The Balaban J connectivity index is 2.43. The molecule has 0 aromatic heterocycles. The Kier molecular flexibility index (Phi) is 6.08. The topological polar surface area (TPSA) is 80.5 Å². The summed E-state index contributed by atoms with van der Waals surface area (Å²) < 4.78 is 22.9. The molecule has 0 aliphatic carbocycles. The lowest BCUT2D eigenvalue weighted by Gasteiger charge is -2.26. The number of nitrogens with zero attached hydrogens (tertiary/aromatic N) is 1. The zero-order valence-electron chi connectivity index (χ0n) is 11.1. The van der Waals surface area contributed by atoms with E-state index in [2.05, 4.69) is 0 Å². The highest BCUT2D eigenvalue weighted by atomic mass is 32.2. The van der Waals surface area contributed by atoms with Crippen molar-refractivity contribution in [3.8, 4) is 0 Å². The predicted molar refractivity (Wildman–Crippen MR) is 72.0 cm³/mol. The maximum absolute atomic E-state index is 12.0. The Morgan fingerprint density at radius 2 is 2.06 bits per heavy atom. The third-order valence-electron chi connectivity index (χ3n) is 3.40. The number of rotatable bonds is 7. The fraction of sp³-hybridized carbons (Fsp3) is 0.917. The average Bonchev–Trinajstić information content (AvgIpc) is 2.66. The molecule has 1 aliphatic heterocycles. The van der Waals surface area contributed by atoms with Crippen LogP contribution in [0, 0.1) is 0 Å². The standard InChI is InChI=1S/C12H24N2O3S/c1-2-14(11-7-9-18(16,17)10-11)12(15)6-4-3-5-8-13/h11H,2-10,13H2,1H3. The van der Waals surface area contributed by atoms with Crippen molar-refractivity contribution in [1.29, 1.82) is 0 Å². The Labute approximate surface area is 110 Å². The number of unbranched alkanes of at least 4 members (excludes halogenated alkanes) is 2. The van der Waals surface area contributed by atoms with Crippen LogP contribution in [-0.4, -0.2) is 49.9 Å². The van der Waals surface area contributed by atoms with Gasteiger partial charge in [-0.25, -0.2) is 8.42 Å². The molecule has 5 nitrogen and oxygen atoms in total. The number of nitrogens with two attached hydrogens (primary N) is 1. The van der Waals surface area contributed by atoms with Gasteiger partial charge in [0.2, 0.25) is 5.91 Å². The molecule has 0 radical (unpaired) electrons. The fourth-order valence-corrected chi connectivity index (χ4v) is 4.13. The summed E-state index contributed by atoms with van der Waals surface area (Å²) in [4.78, 5) is 13.8. The molecular weight excluding hydrogens is 252 g/mol. The van der Waals surface area contributed by atoms with Gasteiger partial charge in [0.25, 0.3) is 0 Å². The van der Waals surface area contributed by atoms with Crippen molar-refractivity contribution in [2.24, 2.45) is 5.73 Å². The van der Waals surface area contributed by atoms with E-state index in [1.807, 2.05) is 6.92 Å². The molecule has 1 amide bonds. The van der Waals surface area contributed by atoms with Crippen molar-refractivity contribution in [3.05, 3.63) is 0 Å². The summed E-state index contributed by atoms with van der Waals surface area (Å²) in [6.45, 7) is 3.16. The molecule has 0 spiro atoms. The van der Waals surface area contributed by atoms with E-state index in [1.54, 1.807) is 4.90 Å². The lowest BCUT2D eigenvalue weighted by molar-refractivity contribution is -0.132. The highest BCUT2D eigenvalue weighted by Gasteiger charge is 2.33. The molecule has 1 rings (SSSR count). The van der Waals surface area contributed by atoms with Crippen LogP contribution in [0.25, 0.3) is 0 Å². The van der Waals surface area contributed by atoms with Crippen molar-refractivity contribution < 1.29 is 13.2 Å². The molecule has 0 aromatic rings. The van der Waals surface area contributed by atoms with Gasteiger partial charge in [-0.2, -0.15) is 0 Å². The summed E-state index contributed by atoms with van der Waals surface area (Å²) in [6, 6.07) is -0.109. The van der Waals surface area contributed by atoms with Gasteiger partial charge >= 0.3 is 0 Å². The zero-order valence-corrected chi connectivity index (χ0v) is 11.9. The second-order valence-corrected chi connectivity index (χ2v) is 7.06. The van der Waals surface area contributed by atoms with Gasteiger partial charge in [-0.1, -0.05) is 6.42 Å². The summed E-state index contributed by atoms with van der Waals surface area (Å²) >= 11 is 0. The summed E-state index contributed by atoms with van der Waals surface area (Å²) in [6.07, 6.45) is 3.83. The highest BCUT2D eigenvalue weighted by molar-refractivity contribution is 7.91. The van der Waals surface area contributed by atoms with Crippen molar-refractivity contribution in [2.45, 2.75) is 45.1 Å². The van der Waals surface area contributed by atoms with E-state index in [-0.39, 0.29) is 23.5 Å². The molecule has 0 bridgehead atoms. The molecule has 1 heterocycles. The summed E-state index contributed by atoms with van der Waals surface area (Å²) in [5, 5.41) is 0. The van der Waals surface area contributed by atoms with Crippen molar-refractivity contribution >= 4 is 15.7 Å². The molecule has 0 saturated carbocycles. The van der Waals surface area contributed by atoms with Gasteiger partial charge in [-0.3, -0.25) is 4.79 Å². The van der Waals surface area contributed by atoms with Crippen molar-refractivity contribution in [1.82, 2.24) is 4.90 Å². The minimum absolute atomic E-state index is 0.0802. The van der Waals surface area contributed by atoms with Crippen LogP contribution in [0.2, 0.25) is 0 Å². The van der Waals surface area contributed by atoms with E-state index in [9.17, 15) is 13.2 Å². The van der Waals surface area contributed by atoms with E-state index in [1.165, 1.54) is 0 Å². The second-order valence-electron chi connectivity index (χ2n) is 4.84. The van der Waals surface area contributed by atoms with Crippen molar-refractivity contribution in [3.63, 3.8) is 0 Å². The van der Waals surface area contributed by atoms with Crippen LogP contribution >= 0.6 is 0 Å². The summed E-state index contributed by atoms with van der Waals surface area (Å²) in [5.74, 6) is 0.431. The molecule has 2 N–H and O–H groups in total. The van der Waals surface area contributed by atoms with Crippen molar-refractivity contribution in [2.75, 3.05) is 24.6 Å². The highest BCUT2D eigenvalue weighted by Crippen LogP contribution is 2.19. The van der Waals surface area contributed by atoms with Crippen LogP contribution in [0.3, 0.4) is 0 Å². The molecule has 106 valence electrons. The Morgan fingerprint density at radius 1 is 1.33 bits per heavy atom. The van der Waals surface area contributed by atoms with E-state index >= 15 is 0 Å². The molecular formula is C12H24N2O3S. The first kappa shape index (κ1) is 15.4. The average molecular weight is 276 g/mol. The van der Waals surface area contributed by atoms with Crippen LogP contribution in [0.1, 0.15) is 39.0 Å². The van der Waals surface area contributed by atoms with Gasteiger partial charge in [0.15, 0.2) is 9.84 Å². The number of carbonyl (C=O) groups excluding carboxylic acids is 1. The van der Waals surface area contributed by atoms with Crippen LogP contribution in [-0.2, 0) is 14.6 Å². The normalized spacial score (nSPS) is 22.0. The second kappa shape index (κ2) is 7.09. The van der Waals surface area contributed by atoms with E-state index in [0.717, 1.165) is 19.3 Å². The fourth-order valence-electron chi connectivity index (χ4n) is 2.40. The Hall–Kier alpha value is -0.620. The van der Waals surface area contributed by atoms with Crippen LogP contribution in [0.5, 0.6) is 0 Å². The molecule has 18 heavy (non-hydrogen) atoms. The van der Waals surface area contributed by atoms with Crippen LogP contribution in [0.4, 0.5) is 0 Å². The maximum Gasteiger partial charge on any atom is 0.222 e. The minimum atomic E-state index is -2.92. The lowest BCUT2D eigenvalue weighted by atomic mass is 10.1. The largest absolute Gasteiger partial charge is 0.339 e. The Morgan fingerprint density at radius 3 is 2.56 bits per heavy atom. The zero-order chi connectivity index (χ0) is 13.6. The third kappa shape index (κ3) is 4.57. The Bertz CT molecular complexity index is 368. The molecule has 1 aliphatic rings.